The van der Waals surface area contributed by atoms with Crippen molar-refractivity contribution in [2.75, 3.05) is 18.0 Å². The van der Waals surface area contributed by atoms with E-state index in [1.807, 2.05) is 0 Å². The van der Waals surface area contributed by atoms with Crippen molar-refractivity contribution in [1.29, 1.82) is 0 Å². The maximum Gasteiger partial charge on any atom is 0.419 e. The van der Waals surface area contributed by atoms with Gasteiger partial charge in [0.05, 0.1) is 5.56 Å². The number of alkyl halides is 3. The van der Waals surface area contributed by atoms with Gasteiger partial charge in [0.15, 0.2) is 0 Å². The first-order chi connectivity index (χ1) is 8.39. The SMILES string of the molecule is CC1CN(c2ncccc2C(F)(F)F)CCC1=O. The van der Waals surface area contributed by atoms with E-state index in [2.05, 4.69) is 4.98 Å². The van der Waals surface area contributed by atoms with Gasteiger partial charge < -0.3 is 4.90 Å². The maximum atomic E-state index is 12.8. The molecule has 0 spiro atoms. The van der Waals surface area contributed by atoms with Gasteiger partial charge in [-0.25, -0.2) is 4.98 Å². The van der Waals surface area contributed by atoms with Gasteiger partial charge in [0.1, 0.15) is 11.6 Å². The third kappa shape index (κ3) is 2.47. The van der Waals surface area contributed by atoms with E-state index in [4.69, 9.17) is 0 Å². The van der Waals surface area contributed by atoms with Crippen LogP contribution in [0.25, 0.3) is 0 Å². The molecule has 0 saturated carbocycles. The van der Waals surface area contributed by atoms with Crippen molar-refractivity contribution in [2.45, 2.75) is 19.5 Å². The largest absolute Gasteiger partial charge is 0.419 e. The van der Waals surface area contributed by atoms with Crippen LogP contribution >= 0.6 is 0 Å². The molecule has 6 heteroatoms. The number of carbonyl (C=O) groups excluding carboxylic acids is 1. The lowest BCUT2D eigenvalue weighted by atomic mass is 9.98. The molecule has 0 radical (unpaired) electrons. The molecule has 1 unspecified atom stereocenters. The molecule has 1 aliphatic heterocycles. The molecule has 1 saturated heterocycles. The number of anilines is 1. The average molecular weight is 258 g/mol. The van der Waals surface area contributed by atoms with Crippen molar-refractivity contribution in [2.24, 2.45) is 5.92 Å². The first-order valence-electron chi connectivity index (χ1n) is 5.69. The van der Waals surface area contributed by atoms with Crippen LogP contribution in [-0.2, 0) is 11.0 Å². The van der Waals surface area contributed by atoms with Crippen molar-refractivity contribution in [3.05, 3.63) is 23.9 Å². The zero-order valence-corrected chi connectivity index (χ0v) is 9.87. The predicted octanol–water partition coefficient (Wildman–Crippen LogP) is 2.52. The monoisotopic (exact) mass is 258 g/mol. The fourth-order valence-electron chi connectivity index (χ4n) is 2.08. The summed E-state index contributed by atoms with van der Waals surface area (Å²) in [5.74, 6) is -0.234. The van der Waals surface area contributed by atoms with Gasteiger partial charge in [0, 0.05) is 31.6 Å². The van der Waals surface area contributed by atoms with Gasteiger partial charge in [-0.2, -0.15) is 13.2 Å². The maximum absolute atomic E-state index is 12.8. The van der Waals surface area contributed by atoms with Crippen LogP contribution in [0, 0.1) is 5.92 Å². The van der Waals surface area contributed by atoms with Gasteiger partial charge in [-0.1, -0.05) is 6.92 Å². The van der Waals surface area contributed by atoms with E-state index in [-0.39, 0.29) is 23.9 Å². The van der Waals surface area contributed by atoms with Crippen LogP contribution < -0.4 is 4.90 Å². The minimum absolute atomic E-state index is 0.0793. The molecule has 1 aromatic heterocycles. The third-order valence-electron chi connectivity index (χ3n) is 3.06. The van der Waals surface area contributed by atoms with Gasteiger partial charge in [0.2, 0.25) is 0 Å². The van der Waals surface area contributed by atoms with Gasteiger partial charge >= 0.3 is 6.18 Å². The van der Waals surface area contributed by atoms with E-state index in [1.54, 1.807) is 6.92 Å². The Balaban J connectivity index is 2.31. The summed E-state index contributed by atoms with van der Waals surface area (Å²) in [6, 6.07) is 2.29. The highest BCUT2D eigenvalue weighted by Gasteiger charge is 2.37. The molecular weight excluding hydrogens is 245 g/mol. The van der Waals surface area contributed by atoms with E-state index in [0.29, 0.717) is 13.1 Å². The minimum atomic E-state index is -4.42. The number of pyridine rings is 1. The quantitative estimate of drug-likeness (QED) is 0.776. The molecule has 1 atom stereocenters. The lowest BCUT2D eigenvalue weighted by molar-refractivity contribution is -0.137. The van der Waals surface area contributed by atoms with E-state index >= 15 is 0 Å². The molecule has 0 bridgehead atoms. The van der Waals surface area contributed by atoms with Crippen LogP contribution in [-0.4, -0.2) is 23.9 Å². The first-order valence-corrected chi connectivity index (χ1v) is 5.69. The van der Waals surface area contributed by atoms with Gasteiger partial charge in [0.25, 0.3) is 0 Å². The number of halogens is 3. The Morgan fingerprint density at radius 2 is 2.17 bits per heavy atom. The topological polar surface area (TPSA) is 33.2 Å². The van der Waals surface area contributed by atoms with Crippen molar-refractivity contribution in [3.63, 3.8) is 0 Å². The van der Waals surface area contributed by atoms with Crippen LogP contribution in [0.15, 0.2) is 18.3 Å². The van der Waals surface area contributed by atoms with E-state index in [0.717, 1.165) is 6.07 Å². The molecule has 2 rings (SSSR count). The summed E-state index contributed by atoms with van der Waals surface area (Å²) >= 11 is 0. The number of carbonyl (C=O) groups is 1. The summed E-state index contributed by atoms with van der Waals surface area (Å²) in [7, 11) is 0. The van der Waals surface area contributed by atoms with Gasteiger partial charge in [-0.3, -0.25) is 4.79 Å². The fourth-order valence-corrected chi connectivity index (χ4v) is 2.08. The third-order valence-corrected chi connectivity index (χ3v) is 3.06. The van der Waals surface area contributed by atoms with Crippen molar-refractivity contribution in [1.82, 2.24) is 4.98 Å². The molecule has 1 aliphatic rings. The number of hydrogen-bond acceptors (Lipinski definition) is 3. The van der Waals surface area contributed by atoms with Crippen molar-refractivity contribution < 1.29 is 18.0 Å². The average Bonchev–Trinajstić information content (AvgIpc) is 2.32. The summed E-state index contributed by atoms with van der Waals surface area (Å²) in [4.78, 5) is 16.7. The summed E-state index contributed by atoms with van der Waals surface area (Å²) in [5, 5.41) is 0. The molecular formula is C12H13F3N2O. The van der Waals surface area contributed by atoms with Crippen molar-refractivity contribution in [3.8, 4) is 0 Å². The minimum Gasteiger partial charge on any atom is -0.355 e. The Morgan fingerprint density at radius 1 is 1.44 bits per heavy atom. The van der Waals surface area contributed by atoms with Crippen LogP contribution in [0.4, 0.5) is 19.0 Å². The number of hydrogen-bond donors (Lipinski definition) is 0. The van der Waals surface area contributed by atoms with Crippen LogP contribution in [0.5, 0.6) is 0 Å². The Kier molecular flexibility index (Phi) is 3.28. The molecule has 3 nitrogen and oxygen atoms in total. The van der Waals surface area contributed by atoms with Crippen LogP contribution in [0.1, 0.15) is 18.9 Å². The highest BCUT2D eigenvalue weighted by Crippen LogP contribution is 2.36. The highest BCUT2D eigenvalue weighted by molar-refractivity contribution is 5.83. The predicted molar refractivity (Wildman–Crippen MR) is 60.2 cm³/mol. The fraction of sp³-hybridized carbons (Fsp3) is 0.500. The summed E-state index contributed by atoms with van der Waals surface area (Å²) < 4.78 is 38.5. The summed E-state index contributed by atoms with van der Waals surface area (Å²) in [6.45, 7) is 2.31. The normalized spacial score (nSPS) is 21.2. The molecule has 0 amide bonds. The number of rotatable bonds is 1. The Hall–Kier alpha value is -1.59. The summed E-state index contributed by atoms with van der Waals surface area (Å²) in [6.07, 6.45) is -2.81. The molecule has 1 aromatic rings. The molecule has 98 valence electrons. The Bertz CT molecular complexity index is 459. The number of nitrogens with zero attached hydrogens (tertiary/aromatic N) is 2. The molecule has 2 heterocycles. The zero-order valence-electron chi connectivity index (χ0n) is 9.87. The number of piperidine rings is 1. The standard InChI is InChI=1S/C12H13F3N2O/c1-8-7-17(6-4-10(8)18)11-9(12(13,14)15)3-2-5-16-11/h2-3,5,8H,4,6-7H2,1H3. The zero-order chi connectivity index (χ0) is 13.3. The molecule has 18 heavy (non-hydrogen) atoms. The molecule has 0 aromatic carbocycles. The second kappa shape index (κ2) is 4.59. The smallest absolute Gasteiger partial charge is 0.355 e. The Morgan fingerprint density at radius 3 is 2.78 bits per heavy atom. The van der Waals surface area contributed by atoms with Crippen LogP contribution in [0.3, 0.4) is 0 Å². The number of aromatic nitrogens is 1. The van der Waals surface area contributed by atoms with Gasteiger partial charge in [-0.15, -0.1) is 0 Å². The van der Waals surface area contributed by atoms with E-state index in [1.165, 1.54) is 17.2 Å². The van der Waals surface area contributed by atoms with Crippen LogP contribution in [0.2, 0.25) is 0 Å². The van der Waals surface area contributed by atoms with Crippen molar-refractivity contribution >= 4 is 11.6 Å². The lowest BCUT2D eigenvalue weighted by Gasteiger charge is -2.32. The number of ketones is 1. The summed E-state index contributed by atoms with van der Waals surface area (Å²) in [5.41, 5.74) is -0.744. The second-order valence-corrected chi connectivity index (χ2v) is 4.44. The molecule has 0 N–H and O–H groups in total. The Labute approximate surface area is 103 Å². The van der Waals surface area contributed by atoms with E-state index in [9.17, 15) is 18.0 Å². The van der Waals surface area contributed by atoms with Gasteiger partial charge in [-0.05, 0) is 12.1 Å². The molecule has 1 fully saturated rings. The number of Topliss-reactive ketones (excluding diaryl/α,β-unsaturated/α-hetero) is 1. The highest BCUT2D eigenvalue weighted by atomic mass is 19.4. The lowest BCUT2D eigenvalue weighted by Crippen LogP contribution is -2.41. The first kappa shape index (κ1) is 12.9. The van der Waals surface area contributed by atoms with E-state index < -0.39 is 11.7 Å². The second-order valence-electron chi connectivity index (χ2n) is 4.44. The molecule has 0 aliphatic carbocycles.